The van der Waals surface area contributed by atoms with Crippen molar-refractivity contribution in [1.82, 2.24) is 4.31 Å². The van der Waals surface area contributed by atoms with Gasteiger partial charge in [0.2, 0.25) is 10.0 Å². The molecule has 1 atom stereocenters. The molecule has 0 radical (unpaired) electrons. The summed E-state index contributed by atoms with van der Waals surface area (Å²) in [7, 11) is -1.58. The zero-order chi connectivity index (χ0) is 15.5. The molecule has 1 heterocycles. The molecule has 1 aromatic rings. The molecule has 6 heteroatoms. The lowest BCUT2D eigenvalue weighted by molar-refractivity contribution is -0.0746. The first kappa shape index (κ1) is 16.3. The lowest BCUT2D eigenvalue weighted by Gasteiger charge is -2.40. The summed E-state index contributed by atoms with van der Waals surface area (Å²) in [6.45, 7) is 3.22. The molecule has 1 unspecified atom stereocenters. The van der Waals surface area contributed by atoms with Gasteiger partial charge in [0.05, 0.1) is 6.26 Å². The van der Waals surface area contributed by atoms with Gasteiger partial charge in [-0.2, -0.15) is 4.31 Å². The van der Waals surface area contributed by atoms with Gasteiger partial charge in [-0.15, -0.1) is 0 Å². The van der Waals surface area contributed by atoms with Crippen molar-refractivity contribution >= 4 is 10.0 Å². The Morgan fingerprint density at radius 3 is 2.67 bits per heavy atom. The van der Waals surface area contributed by atoms with Crippen LogP contribution in [0.3, 0.4) is 0 Å². The second-order valence-electron chi connectivity index (χ2n) is 5.64. The molecule has 1 aliphatic heterocycles. The summed E-state index contributed by atoms with van der Waals surface area (Å²) in [5, 5.41) is 0. The predicted molar refractivity (Wildman–Crippen MR) is 82.1 cm³/mol. The number of aryl methyl sites for hydroxylation is 1. The average Bonchev–Trinajstić information content (AvgIpc) is 2.46. The van der Waals surface area contributed by atoms with Crippen LogP contribution in [0.2, 0.25) is 0 Å². The Balaban J connectivity index is 2.09. The van der Waals surface area contributed by atoms with E-state index < -0.39 is 15.6 Å². The van der Waals surface area contributed by atoms with Crippen molar-refractivity contribution in [3.05, 3.63) is 29.8 Å². The van der Waals surface area contributed by atoms with Crippen molar-refractivity contribution in [3.63, 3.8) is 0 Å². The van der Waals surface area contributed by atoms with Crippen molar-refractivity contribution < 1.29 is 17.9 Å². The van der Waals surface area contributed by atoms with Crippen LogP contribution in [-0.2, 0) is 14.8 Å². The first-order chi connectivity index (χ1) is 9.86. The Morgan fingerprint density at radius 1 is 1.33 bits per heavy atom. The zero-order valence-corrected chi connectivity index (χ0v) is 13.6. The molecule has 0 spiro atoms. The van der Waals surface area contributed by atoms with Gasteiger partial charge in [-0.1, -0.05) is 18.2 Å². The lowest BCUT2D eigenvalue weighted by Crippen LogP contribution is -2.54. The van der Waals surface area contributed by atoms with Crippen LogP contribution in [0.15, 0.2) is 24.3 Å². The topological polar surface area (TPSA) is 55.8 Å². The lowest BCUT2D eigenvalue weighted by atomic mass is 9.95. The minimum atomic E-state index is -3.20. The van der Waals surface area contributed by atoms with E-state index in [-0.39, 0.29) is 0 Å². The number of piperidine rings is 1. The van der Waals surface area contributed by atoms with Crippen molar-refractivity contribution in [2.75, 3.05) is 33.1 Å². The third kappa shape index (κ3) is 3.96. The van der Waals surface area contributed by atoms with Crippen LogP contribution >= 0.6 is 0 Å². The second kappa shape index (κ2) is 6.34. The third-order valence-corrected chi connectivity index (χ3v) is 5.24. The van der Waals surface area contributed by atoms with Crippen LogP contribution < -0.4 is 4.74 Å². The van der Waals surface area contributed by atoms with Crippen molar-refractivity contribution in [1.29, 1.82) is 0 Å². The van der Waals surface area contributed by atoms with Crippen LogP contribution in [-0.4, -0.2) is 51.4 Å². The number of nitrogens with zero attached hydrogens (tertiary/aromatic N) is 1. The van der Waals surface area contributed by atoms with Gasteiger partial charge in [0.1, 0.15) is 18.0 Å². The van der Waals surface area contributed by atoms with Gasteiger partial charge in [0.25, 0.3) is 0 Å². The molecule has 0 N–H and O–H groups in total. The molecule has 0 aromatic heterocycles. The molecule has 0 aliphatic carbocycles. The summed E-state index contributed by atoms with van der Waals surface area (Å²) in [6.07, 6.45) is 2.81. The minimum Gasteiger partial charge on any atom is -0.490 e. The Bertz CT molecular complexity index is 587. The Kier molecular flexibility index (Phi) is 4.91. The number of ether oxygens (including phenoxy) is 2. The fourth-order valence-corrected chi connectivity index (χ4v) is 3.54. The van der Waals surface area contributed by atoms with Crippen molar-refractivity contribution in [2.24, 2.45) is 0 Å². The van der Waals surface area contributed by atoms with E-state index in [1.54, 1.807) is 7.11 Å². The summed E-state index contributed by atoms with van der Waals surface area (Å²) < 4.78 is 36.5. The van der Waals surface area contributed by atoms with Gasteiger partial charge < -0.3 is 9.47 Å². The molecular weight excluding hydrogens is 290 g/mol. The third-order valence-electron chi connectivity index (χ3n) is 3.99. The maximum atomic E-state index is 11.7. The summed E-state index contributed by atoms with van der Waals surface area (Å²) in [4.78, 5) is 0. The molecule has 0 saturated carbocycles. The number of rotatable bonds is 5. The smallest absolute Gasteiger partial charge is 0.211 e. The SMILES string of the molecule is COC1(COc2ccccc2C)CCCN(S(C)(=O)=O)C1. The van der Waals surface area contributed by atoms with Crippen LogP contribution in [0.5, 0.6) is 5.75 Å². The Morgan fingerprint density at radius 2 is 2.05 bits per heavy atom. The fraction of sp³-hybridized carbons (Fsp3) is 0.600. The maximum absolute atomic E-state index is 11.7. The molecule has 0 amide bonds. The van der Waals surface area contributed by atoms with Gasteiger partial charge in [-0.3, -0.25) is 0 Å². The summed E-state index contributed by atoms with van der Waals surface area (Å²) in [6, 6.07) is 7.78. The van der Waals surface area contributed by atoms with Gasteiger partial charge >= 0.3 is 0 Å². The summed E-state index contributed by atoms with van der Waals surface area (Å²) in [5.41, 5.74) is 0.475. The van der Waals surface area contributed by atoms with Crippen molar-refractivity contribution in [3.8, 4) is 5.75 Å². The van der Waals surface area contributed by atoms with E-state index in [9.17, 15) is 8.42 Å². The zero-order valence-electron chi connectivity index (χ0n) is 12.8. The molecule has 1 aromatic carbocycles. The molecule has 21 heavy (non-hydrogen) atoms. The number of methoxy groups -OCH3 is 1. The molecule has 1 fully saturated rings. The first-order valence-electron chi connectivity index (χ1n) is 7.05. The number of para-hydroxylation sites is 1. The molecule has 1 aliphatic rings. The Labute approximate surface area is 126 Å². The van der Waals surface area contributed by atoms with E-state index in [1.165, 1.54) is 10.6 Å². The minimum absolute atomic E-state index is 0.341. The second-order valence-corrected chi connectivity index (χ2v) is 7.62. The molecule has 2 rings (SSSR count). The predicted octanol–water partition coefficient (Wildman–Crippen LogP) is 1.81. The van der Waals surface area contributed by atoms with E-state index in [0.29, 0.717) is 19.7 Å². The van der Waals surface area contributed by atoms with E-state index >= 15 is 0 Å². The monoisotopic (exact) mass is 313 g/mol. The standard InChI is InChI=1S/C15H23NO4S/c1-13-7-4-5-8-14(13)20-12-15(19-2)9-6-10-16(11-15)21(3,17)18/h4-5,7-8H,6,9-12H2,1-3H3. The highest BCUT2D eigenvalue weighted by atomic mass is 32.2. The van der Waals surface area contributed by atoms with Gasteiger partial charge in [-0.25, -0.2) is 8.42 Å². The molecule has 5 nitrogen and oxygen atoms in total. The van der Waals surface area contributed by atoms with E-state index in [1.807, 2.05) is 31.2 Å². The number of sulfonamides is 1. The molecule has 118 valence electrons. The first-order valence-corrected chi connectivity index (χ1v) is 8.90. The summed E-state index contributed by atoms with van der Waals surface area (Å²) >= 11 is 0. The normalized spacial score (nSPS) is 24.0. The number of hydrogen-bond donors (Lipinski definition) is 0. The highest BCUT2D eigenvalue weighted by molar-refractivity contribution is 7.88. The number of benzene rings is 1. The highest BCUT2D eigenvalue weighted by Crippen LogP contribution is 2.28. The van der Waals surface area contributed by atoms with Crippen LogP contribution in [0.25, 0.3) is 0 Å². The molecule has 0 bridgehead atoms. The molecular formula is C15H23NO4S. The van der Waals surface area contributed by atoms with Gasteiger partial charge in [0.15, 0.2) is 0 Å². The van der Waals surface area contributed by atoms with E-state index in [0.717, 1.165) is 24.2 Å². The Hall–Kier alpha value is -1.11. The number of hydrogen-bond acceptors (Lipinski definition) is 4. The largest absolute Gasteiger partial charge is 0.490 e. The quantitative estimate of drug-likeness (QED) is 0.832. The van der Waals surface area contributed by atoms with E-state index in [2.05, 4.69) is 0 Å². The van der Waals surface area contributed by atoms with Crippen LogP contribution in [0.1, 0.15) is 18.4 Å². The highest BCUT2D eigenvalue weighted by Gasteiger charge is 2.39. The summed E-state index contributed by atoms with van der Waals surface area (Å²) in [5.74, 6) is 0.811. The van der Waals surface area contributed by atoms with Gasteiger partial charge in [0, 0.05) is 20.2 Å². The maximum Gasteiger partial charge on any atom is 0.211 e. The fourth-order valence-electron chi connectivity index (χ4n) is 2.61. The van der Waals surface area contributed by atoms with Crippen LogP contribution in [0, 0.1) is 6.92 Å². The average molecular weight is 313 g/mol. The molecule has 1 saturated heterocycles. The van der Waals surface area contributed by atoms with Crippen molar-refractivity contribution in [2.45, 2.75) is 25.4 Å². The van der Waals surface area contributed by atoms with E-state index in [4.69, 9.17) is 9.47 Å². The van der Waals surface area contributed by atoms with Gasteiger partial charge in [-0.05, 0) is 31.4 Å². The van der Waals surface area contributed by atoms with Crippen LogP contribution in [0.4, 0.5) is 0 Å².